The summed E-state index contributed by atoms with van der Waals surface area (Å²) in [4.78, 5) is 10.9. The number of alkyl halides is 3. The molecule has 20 heavy (non-hydrogen) atoms. The Morgan fingerprint density at radius 2 is 1.95 bits per heavy atom. The molecule has 0 aliphatic carbocycles. The zero-order valence-corrected chi connectivity index (χ0v) is 11.9. The van der Waals surface area contributed by atoms with Gasteiger partial charge in [-0.25, -0.2) is 4.79 Å². The van der Waals surface area contributed by atoms with Crippen LogP contribution in [0.2, 0.25) is 0 Å². The first-order valence-electron chi connectivity index (χ1n) is 4.88. The van der Waals surface area contributed by atoms with Gasteiger partial charge in [-0.05, 0) is 28.1 Å². The van der Waals surface area contributed by atoms with E-state index in [0.717, 1.165) is 6.07 Å². The highest BCUT2D eigenvalue weighted by atomic mass is 79.9. The zero-order valence-electron chi connectivity index (χ0n) is 9.53. The molecule has 112 valence electrons. The molecular weight excluding hydrogens is 369 g/mol. The standard InChI is InChI=1S/C9H8BrF3N2O4S/c10-6-3-1-2-5(8(16)17)7(6)15-20(18,19)14-4-9(11,12)13/h1-3,14-15H,4H2,(H,16,17). The third-order valence-corrected chi connectivity index (χ3v) is 3.60. The first-order valence-corrected chi connectivity index (χ1v) is 7.15. The van der Waals surface area contributed by atoms with Crippen LogP contribution in [0.3, 0.4) is 0 Å². The second-order valence-electron chi connectivity index (χ2n) is 3.51. The SMILES string of the molecule is O=C(O)c1cccc(Br)c1NS(=O)(=O)NCC(F)(F)F. The summed E-state index contributed by atoms with van der Waals surface area (Å²) in [7, 11) is -4.56. The molecule has 0 radical (unpaired) electrons. The number of carbonyl (C=O) groups is 1. The zero-order chi connectivity index (χ0) is 15.6. The van der Waals surface area contributed by atoms with Crippen LogP contribution >= 0.6 is 15.9 Å². The molecule has 0 saturated carbocycles. The number of anilines is 1. The largest absolute Gasteiger partial charge is 0.478 e. The highest BCUT2D eigenvalue weighted by Gasteiger charge is 2.30. The number of carboxylic acids is 1. The first kappa shape index (κ1) is 16.7. The number of hydrogen-bond acceptors (Lipinski definition) is 3. The van der Waals surface area contributed by atoms with Crippen molar-refractivity contribution in [3.63, 3.8) is 0 Å². The van der Waals surface area contributed by atoms with Crippen LogP contribution in [0.1, 0.15) is 10.4 Å². The van der Waals surface area contributed by atoms with E-state index in [-0.39, 0.29) is 10.2 Å². The maximum absolute atomic E-state index is 12.0. The average molecular weight is 377 g/mol. The number of para-hydroxylation sites is 1. The summed E-state index contributed by atoms with van der Waals surface area (Å²) >= 11 is 2.92. The summed E-state index contributed by atoms with van der Waals surface area (Å²) < 4.78 is 61.8. The molecule has 1 rings (SSSR count). The van der Waals surface area contributed by atoms with Gasteiger partial charge in [0, 0.05) is 4.47 Å². The second kappa shape index (κ2) is 5.97. The molecular formula is C9H8BrF3N2O4S. The van der Waals surface area contributed by atoms with E-state index < -0.39 is 34.5 Å². The molecule has 1 aromatic carbocycles. The van der Waals surface area contributed by atoms with E-state index in [1.807, 2.05) is 0 Å². The number of aromatic carboxylic acids is 1. The van der Waals surface area contributed by atoms with E-state index in [9.17, 15) is 26.4 Å². The summed E-state index contributed by atoms with van der Waals surface area (Å²) in [6.07, 6.45) is -4.72. The van der Waals surface area contributed by atoms with Gasteiger partial charge in [-0.15, -0.1) is 0 Å². The Morgan fingerprint density at radius 3 is 2.45 bits per heavy atom. The molecule has 0 aliphatic heterocycles. The Labute approximate surface area is 120 Å². The van der Waals surface area contributed by atoms with Gasteiger partial charge in [-0.1, -0.05) is 6.07 Å². The van der Waals surface area contributed by atoms with Gasteiger partial charge in [-0.2, -0.15) is 26.3 Å². The van der Waals surface area contributed by atoms with E-state index >= 15 is 0 Å². The fraction of sp³-hybridized carbons (Fsp3) is 0.222. The van der Waals surface area contributed by atoms with E-state index in [2.05, 4.69) is 15.9 Å². The predicted molar refractivity (Wildman–Crippen MR) is 67.7 cm³/mol. The number of carboxylic acid groups (broad SMARTS) is 1. The molecule has 0 spiro atoms. The maximum atomic E-state index is 12.0. The summed E-state index contributed by atoms with van der Waals surface area (Å²) in [5.41, 5.74) is -0.772. The van der Waals surface area contributed by atoms with Gasteiger partial charge >= 0.3 is 12.1 Å². The van der Waals surface area contributed by atoms with Gasteiger partial charge < -0.3 is 5.11 Å². The van der Waals surface area contributed by atoms with Gasteiger partial charge in [0.25, 0.3) is 10.2 Å². The van der Waals surface area contributed by atoms with Gasteiger partial charge in [-0.3, -0.25) is 4.72 Å². The second-order valence-corrected chi connectivity index (χ2v) is 5.86. The van der Waals surface area contributed by atoms with E-state index in [1.165, 1.54) is 16.9 Å². The Bertz CT molecular complexity index is 618. The van der Waals surface area contributed by atoms with Crippen LogP contribution in [0.4, 0.5) is 18.9 Å². The third kappa shape index (κ3) is 4.98. The van der Waals surface area contributed by atoms with E-state index in [4.69, 9.17) is 5.11 Å². The molecule has 0 amide bonds. The highest BCUT2D eigenvalue weighted by Crippen LogP contribution is 2.27. The Hall–Kier alpha value is -1.33. The van der Waals surface area contributed by atoms with Crippen LogP contribution in [-0.4, -0.2) is 32.2 Å². The molecule has 0 saturated heterocycles. The van der Waals surface area contributed by atoms with Crippen molar-refractivity contribution in [2.45, 2.75) is 6.18 Å². The summed E-state index contributed by atoms with van der Waals surface area (Å²) in [5, 5.41) is 8.89. The van der Waals surface area contributed by atoms with Gasteiger partial charge in [0.2, 0.25) is 0 Å². The normalized spacial score (nSPS) is 12.2. The lowest BCUT2D eigenvalue weighted by molar-refractivity contribution is -0.121. The van der Waals surface area contributed by atoms with E-state index in [0.29, 0.717) is 0 Å². The minimum atomic E-state index is -4.72. The fourth-order valence-corrected chi connectivity index (χ4v) is 2.66. The van der Waals surface area contributed by atoms with Crippen molar-refractivity contribution in [1.82, 2.24) is 4.72 Å². The van der Waals surface area contributed by atoms with Crippen LogP contribution in [0.5, 0.6) is 0 Å². The molecule has 0 atom stereocenters. The molecule has 0 heterocycles. The lowest BCUT2D eigenvalue weighted by Crippen LogP contribution is -2.37. The smallest absolute Gasteiger partial charge is 0.402 e. The molecule has 3 N–H and O–H groups in total. The van der Waals surface area contributed by atoms with Crippen LogP contribution < -0.4 is 9.44 Å². The van der Waals surface area contributed by atoms with Crippen molar-refractivity contribution in [3.05, 3.63) is 28.2 Å². The molecule has 6 nitrogen and oxygen atoms in total. The van der Waals surface area contributed by atoms with Gasteiger partial charge in [0.15, 0.2) is 0 Å². The molecule has 1 aromatic rings. The molecule has 0 fully saturated rings. The van der Waals surface area contributed by atoms with E-state index in [1.54, 1.807) is 4.72 Å². The lowest BCUT2D eigenvalue weighted by Gasteiger charge is -2.13. The Balaban J connectivity index is 3.01. The van der Waals surface area contributed by atoms with Gasteiger partial charge in [0.05, 0.1) is 11.3 Å². The topological polar surface area (TPSA) is 95.5 Å². The average Bonchev–Trinajstić information content (AvgIpc) is 2.28. The fourth-order valence-electron chi connectivity index (χ4n) is 1.15. The lowest BCUT2D eigenvalue weighted by atomic mass is 10.2. The molecule has 0 unspecified atom stereocenters. The summed E-state index contributed by atoms with van der Waals surface area (Å²) in [6.45, 7) is -1.77. The maximum Gasteiger partial charge on any atom is 0.402 e. The molecule has 0 aliphatic rings. The monoisotopic (exact) mass is 376 g/mol. The van der Waals surface area contributed by atoms with Crippen molar-refractivity contribution < 1.29 is 31.5 Å². The van der Waals surface area contributed by atoms with Crippen molar-refractivity contribution in [1.29, 1.82) is 0 Å². The molecule has 0 bridgehead atoms. The van der Waals surface area contributed by atoms with Crippen molar-refractivity contribution in [3.8, 4) is 0 Å². The number of nitrogens with one attached hydrogen (secondary N) is 2. The predicted octanol–water partition coefficient (Wildman–Crippen LogP) is 1.96. The van der Waals surface area contributed by atoms with Crippen molar-refractivity contribution in [2.24, 2.45) is 0 Å². The quantitative estimate of drug-likeness (QED) is 0.731. The highest BCUT2D eigenvalue weighted by molar-refractivity contribution is 9.10. The Morgan fingerprint density at radius 1 is 1.35 bits per heavy atom. The van der Waals surface area contributed by atoms with Crippen LogP contribution in [0, 0.1) is 0 Å². The first-order chi connectivity index (χ1) is 9.02. The number of rotatable bonds is 5. The van der Waals surface area contributed by atoms with Crippen molar-refractivity contribution in [2.75, 3.05) is 11.3 Å². The van der Waals surface area contributed by atoms with Crippen LogP contribution in [0.15, 0.2) is 22.7 Å². The van der Waals surface area contributed by atoms with Crippen molar-refractivity contribution >= 4 is 37.8 Å². The van der Waals surface area contributed by atoms with Gasteiger partial charge in [0.1, 0.15) is 6.54 Å². The molecule has 11 heteroatoms. The number of hydrogen-bond donors (Lipinski definition) is 3. The van der Waals surface area contributed by atoms with Crippen LogP contribution in [-0.2, 0) is 10.2 Å². The minimum absolute atomic E-state index is 0.0785. The number of halogens is 4. The number of benzene rings is 1. The molecule has 0 aromatic heterocycles. The minimum Gasteiger partial charge on any atom is -0.478 e. The van der Waals surface area contributed by atoms with Crippen LogP contribution in [0.25, 0.3) is 0 Å². The Kier molecular flexibility index (Phi) is 5.00. The third-order valence-electron chi connectivity index (χ3n) is 1.94. The summed E-state index contributed by atoms with van der Waals surface area (Å²) in [6, 6.07) is 3.79. The summed E-state index contributed by atoms with van der Waals surface area (Å²) in [5.74, 6) is -1.43.